The van der Waals surface area contributed by atoms with Gasteiger partial charge in [0.25, 0.3) is 0 Å². The number of carbonyl (C=O) groups excluding carboxylic acids is 1. The van der Waals surface area contributed by atoms with Crippen molar-refractivity contribution in [3.8, 4) is 0 Å². The fourth-order valence-corrected chi connectivity index (χ4v) is 2.00. The monoisotopic (exact) mass is 261 g/mol. The Balaban J connectivity index is 1.74. The molecule has 2 rings (SSSR count). The third-order valence-electron chi connectivity index (χ3n) is 3.01. The Labute approximate surface area is 112 Å². The number of aromatic nitrogens is 2. The standard InChI is InChI=1S/C14H19N3O2/c1-2-13(17-10-5-9-16-17)14(18)15-8-3-6-12-7-4-11-19-12/h4-5,7,9-11,13H,2-3,6,8H2,1H3,(H,15,18)/t13-/m0/s1. The number of furan rings is 1. The summed E-state index contributed by atoms with van der Waals surface area (Å²) in [5, 5.41) is 7.06. The van der Waals surface area contributed by atoms with Gasteiger partial charge >= 0.3 is 0 Å². The highest BCUT2D eigenvalue weighted by Crippen LogP contribution is 2.09. The molecule has 1 N–H and O–H groups in total. The van der Waals surface area contributed by atoms with Gasteiger partial charge in [-0.3, -0.25) is 9.48 Å². The fraction of sp³-hybridized carbons (Fsp3) is 0.429. The summed E-state index contributed by atoms with van der Waals surface area (Å²) in [6.07, 6.45) is 7.61. The SMILES string of the molecule is CC[C@@H](C(=O)NCCCc1ccco1)n1cccn1. The lowest BCUT2D eigenvalue weighted by atomic mass is 10.2. The minimum Gasteiger partial charge on any atom is -0.469 e. The quantitative estimate of drug-likeness (QED) is 0.777. The lowest BCUT2D eigenvalue weighted by Gasteiger charge is -2.15. The van der Waals surface area contributed by atoms with Crippen LogP contribution in [-0.2, 0) is 11.2 Å². The van der Waals surface area contributed by atoms with Crippen LogP contribution in [0.5, 0.6) is 0 Å². The highest BCUT2D eigenvalue weighted by atomic mass is 16.3. The second-order valence-corrected chi connectivity index (χ2v) is 4.38. The molecule has 0 spiro atoms. The zero-order valence-electron chi connectivity index (χ0n) is 11.1. The van der Waals surface area contributed by atoms with Crippen molar-refractivity contribution in [3.63, 3.8) is 0 Å². The van der Waals surface area contributed by atoms with Crippen molar-refractivity contribution < 1.29 is 9.21 Å². The molecule has 5 nitrogen and oxygen atoms in total. The van der Waals surface area contributed by atoms with Crippen molar-refractivity contribution >= 4 is 5.91 Å². The number of nitrogens with zero attached hydrogens (tertiary/aromatic N) is 2. The van der Waals surface area contributed by atoms with Crippen LogP contribution >= 0.6 is 0 Å². The summed E-state index contributed by atoms with van der Waals surface area (Å²) in [5.41, 5.74) is 0. The molecule has 0 radical (unpaired) electrons. The second kappa shape index (κ2) is 6.78. The van der Waals surface area contributed by atoms with E-state index in [2.05, 4.69) is 10.4 Å². The molecular formula is C14H19N3O2. The highest BCUT2D eigenvalue weighted by Gasteiger charge is 2.17. The Morgan fingerprint density at radius 2 is 2.42 bits per heavy atom. The zero-order valence-corrected chi connectivity index (χ0v) is 11.1. The van der Waals surface area contributed by atoms with Crippen LogP contribution in [0.15, 0.2) is 41.3 Å². The predicted octanol–water partition coefficient (Wildman–Crippen LogP) is 2.18. The second-order valence-electron chi connectivity index (χ2n) is 4.38. The minimum atomic E-state index is -0.224. The Kier molecular flexibility index (Phi) is 4.78. The van der Waals surface area contributed by atoms with Crippen LogP contribution in [-0.4, -0.2) is 22.2 Å². The van der Waals surface area contributed by atoms with Gasteiger partial charge in [0, 0.05) is 25.4 Å². The summed E-state index contributed by atoms with van der Waals surface area (Å²) in [5.74, 6) is 0.971. The van der Waals surface area contributed by atoms with Gasteiger partial charge in [-0.2, -0.15) is 5.10 Å². The first-order valence-electron chi connectivity index (χ1n) is 6.60. The molecule has 2 aromatic rings. The maximum atomic E-state index is 12.0. The Bertz CT molecular complexity index is 477. The molecule has 0 aliphatic carbocycles. The van der Waals surface area contributed by atoms with Crippen molar-refractivity contribution in [2.45, 2.75) is 32.2 Å². The van der Waals surface area contributed by atoms with Gasteiger partial charge in [-0.15, -0.1) is 0 Å². The Morgan fingerprint density at radius 3 is 3.05 bits per heavy atom. The molecule has 5 heteroatoms. The highest BCUT2D eigenvalue weighted by molar-refractivity contribution is 5.80. The molecule has 1 atom stereocenters. The molecular weight excluding hydrogens is 242 g/mol. The van der Waals surface area contributed by atoms with Crippen LogP contribution in [0.3, 0.4) is 0 Å². The summed E-state index contributed by atoms with van der Waals surface area (Å²) in [7, 11) is 0. The summed E-state index contributed by atoms with van der Waals surface area (Å²) < 4.78 is 6.94. The molecule has 0 unspecified atom stereocenters. The number of hydrogen-bond donors (Lipinski definition) is 1. The molecule has 0 aromatic carbocycles. The first-order valence-corrected chi connectivity index (χ1v) is 6.60. The van der Waals surface area contributed by atoms with Crippen molar-refractivity contribution in [2.24, 2.45) is 0 Å². The maximum Gasteiger partial charge on any atom is 0.244 e. The molecule has 2 heterocycles. The largest absolute Gasteiger partial charge is 0.469 e. The summed E-state index contributed by atoms with van der Waals surface area (Å²) in [4.78, 5) is 12.0. The smallest absolute Gasteiger partial charge is 0.244 e. The number of aryl methyl sites for hydroxylation is 1. The van der Waals surface area contributed by atoms with Crippen molar-refractivity contribution in [1.82, 2.24) is 15.1 Å². The Morgan fingerprint density at radius 1 is 1.53 bits per heavy atom. The van der Waals surface area contributed by atoms with E-state index in [1.165, 1.54) is 0 Å². The molecule has 2 aromatic heterocycles. The molecule has 0 saturated heterocycles. The first-order chi connectivity index (χ1) is 9.31. The number of carbonyl (C=O) groups is 1. The van der Waals surface area contributed by atoms with E-state index in [0.29, 0.717) is 6.54 Å². The molecule has 0 aliphatic rings. The Hall–Kier alpha value is -2.04. The van der Waals surface area contributed by atoms with Crippen LogP contribution in [0.4, 0.5) is 0 Å². The first kappa shape index (κ1) is 13.4. The summed E-state index contributed by atoms with van der Waals surface area (Å²) in [6, 6.07) is 5.42. The number of amides is 1. The van der Waals surface area contributed by atoms with E-state index in [-0.39, 0.29) is 11.9 Å². The van der Waals surface area contributed by atoms with Gasteiger partial charge in [0.15, 0.2) is 0 Å². The average Bonchev–Trinajstić information content (AvgIpc) is 3.08. The molecule has 19 heavy (non-hydrogen) atoms. The van der Waals surface area contributed by atoms with E-state index >= 15 is 0 Å². The third-order valence-corrected chi connectivity index (χ3v) is 3.01. The molecule has 102 valence electrons. The van der Waals surface area contributed by atoms with Crippen molar-refractivity contribution in [1.29, 1.82) is 0 Å². The number of rotatable bonds is 7. The number of hydrogen-bond acceptors (Lipinski definition) is 3. The maximum absolute atomic E-state index is 12.0. The molecule has 0 bridgehead atoms. The van der Waals surface area contributed by atoms with Crippen LogP contribution in [0.25, 0.3) is 0 Å². The normalized spacial score (nSPS) is 12.3. The van der Waals surface area contributed by atoms with Gasteiger partial charge < -0.3 is 9.73 Å². The minimum absolute atomic E-state index is 0.0191. The molecule has 0 aliphatic heterocycles. The van der Waals surface area contributed by atoms with Crippen molar-refractivity contribution in [3.05, 3.63) is 42.6 Å². The van der Waals surface area contributed by atoms with Crippen LogP contribution in [0, 0.1) is 0 Å². The van der Waals surface area contributed by atoms with Crippen LogP contribution in [0.2, 0.25) is 0 Å². The number of nitrogens with one attached hydrogen (secondary N) is 1. The van der Waals surface area contributed by atoms with Crippen LogP contribution in [0.1, 0.15) is 31.6 Å². The van der Waals surface area contributed by atoms with Crippen LogP contribution < -0.4 is 5.32 Å². The van der Waals surface area contributed by atoms with E-state index in [9.17, 15) is 4.79 Å². The van der Waals surface area contributed by atoms with Gasteiger partial charge in [0.2, 0.25) is 5.91 Å². The molecule has 0 fully saturated rings. The van der Waals surface area contributed by atoms with Gasteiger partial charge in [0.1, 0.15) is 11.8 Å². The van der Waals surface area contributed by atoms with Gasteiger partial charge in [-0.1, -0.05) is 6.92 Å². The van der Waals surface area contributed by atoms with Gasteiger partial charge in [-0.05, 0) is 31.0 Å². The molecule has 1 amide bonds. The van der Waals surface area contributed by atoms with E-state index in [1.54, 1.807) is 17.1 Å². The topological polar surface area (TPSA) is 60.1 Å². The van der Waals surface area contributed by atoms with Gasteiger partial charge in [-0.25, -0.2) is 0 Å². The van der Waals surface area contributed by atoms with Gasteiger partial charge in [0.05, 0.1) is 6.26 Å². The lowest BCUT2D eigenvalue weighted by Crippen LogP contribution is -2.33. The fourth-order valence-electron chi connectivity index (χ4n) is 2.00. The van der Waals surface area contributed by atoms with E-state index in [0.717, 1.165) is 25.0 Å². The predicted molar refractivity (Wildman–Crippen MR) is 71.6 cm³/mol. The average molecular weight is 261 g/mol. The van der Waals surface area contributed by atoms with E-state index in [4.69, 9.17) is 4.42 Å². The lowest BCUT2D eigenvalue weighted by molar-refractivity contribution is -0.124. The van der Waals surface area contributed by atoms with Crippen molar-refractivity contribution in [2.75, 3.05) is 6.54 Å². The summed E-state index contributed by atoms with van der Waals surface area (Å²) >= 11 is 0. The molecule has 0 saturated carbocycles. The third kappa shape index (κ3) is 3.71. The summed E-state index contributed by atoms with van der Waals surface area (Å²) in [6.45, 7) is 2.63. The zero-order chi connectivity index (χ0) is 13.5. The van der Waals surface area contributed by atoms with E-state index < -0.39 is 0 Å². The van der Waals surface area contributed by atoms with E-state index in [1.807, 2.05) is 31.3 Å².